The molecule has 0 saturated heterocycles. The van der Waals surface area contributed by atoms with Gasteiger partial charge in [-0.25, -0.2) is 0 Å². The molecule has 0 radical (unpaired) electrons. The molecule has 0 bridgehead atoms. The topological polar surface area (TPSA) is 40.5 Å². The summed E-state index contributed by atoms with van der Waals surface area (Å²) in [5.74, 6) is 0.318. The van der Waals surface area contributed by atoms with Crippen molar-refractivity contribution in [2.45, 2.75) is 26.2 Å². The molecule has 0 saturated carbocycles. The molecule has 1 aromatic rings. The predicted molar refractivity (Wildman–Crippen MR) is 59.2 cm³/mol. The molecule has 0 unspecified atom stereocenters. The highest BCUT2D eigenvalue weighted by Gasteiger charge is 2.43. The Hall–Kier alpha value is -1.51. The summed E-state index contributed by atoms with van der Waals surface area (Å²) in [6, 6.07) is 5.11. The molecule has 0 atom stereocenters. The highest BCUT2D eigenvalue weighted by atomic mass is 16.3. The minimum Gasteiger partial charge on any atom is -0.508 e. The smallest absolute Gasteiger partial charge is 0.237 e. The molecule has 80 valence electrons. The summed E-state index contributed by atoms with van der Waals surface area (Å²) < 4.78 is 0. The summed E-state index contributed by atoms with van der Waals surface area (Å²) >= 11 is 0. The van der Waals surface area contributed by atoms with Gasteiger partial charge in [0, 0.05) is 12.2 Å². The Balaban J connectivity index is 2.65. The third-order valence-corrected chi connectivity index (χ3v) is 3.04. The molecule has 1 aliphatic rings. The lowest BCUT2D eigenvalue weighted by atomic mass is 9.86. The number of benzene rings is 1. The minimum atomic E-state index is -0.524. The summed E-state index contributed by atoms with van der Waals surface area (Å²) in [6.07, 6.45) is 0. The number of amides is 1. The number of carbonyl (C=O) groups excluding carboxylic acids is 1. The van der Waals surface area contributed by atoms with Gasteiger partial charge in [0.2, 0.25) is 5.91 Å². The van der Waals surface area contributed by atoms with Crippen LogP contribution in [0, 0.1) is 0 Å². The van der Waals surface area contributed by atoms with Crippen molar-refractivity contribution < 1.29 is 9.90 Å². The van der Waals surface area contributed by atoms with E-state index in [-0.39, 0.29) is 11.7 Å². The van der Waals surface area contributed by atoms with Crippen molar-refractivity contribution in [3.05, 3.63) is 23.8 Å². The van der Waals surface area contributed by atoms with E-state index >= 15 is 0 Å². The molecule has 0 aromatic heterocycles. The second kappa shape index (κ2) is 2.99. The van der Waals surface area contributed by atoms with E-state index in [2.05, 4.69) is 0 Å². The lowest BCUT2D eigenvalue weighted by molar-refractivity contribution is -0.122. The van der Waals surface area contributed by atoms with Crippen molar-refractivity contribution in [3.63, 3.8) is 0 Å². The van der Waals surface area contributed by atoms with Crippen molar-refractivity contribution in [3.8, 4) is 5.75 Å². The van der Waals surface area contributed by atoms with Crippen molar-refractivity contribution in [2.24, 2.45) is 0 Å². The van der Waals surface area contributed by atoms with E-state index in [1.165, 1.54) is 0 Å². The minimum absolute atomic E-state index is 0.102. The first-order valence-electron chi connectivity index (χ1n) is 5.14. The number of fused-ring (bicyclic) bond motifs is 1. The molecular weight excluding hydrogens is 190 g/mol. The number of likely N-dealkylation sites (N-methyl/N-ethyl adjacent to an activating group) is 1. The average molecular weight is 205 g/mol. The highest BCUT2D eigenvalue weighted by molar-refractivity contribution is 6.07. The first-order valence-corrected chi connectivity index (χ1v) is 5.14. The van der Waals surface area contributed by atoms with E-state index in [0.29, 0.717) is 6.54 Å². The number of anilines is 1. The molecule has 0 spiro atoms. The zero-order valence-corrected chi connectivity index (χ0v) is 9.24. The Morgan fingerprint density at radius 3 is 2.67 bits per heavy atom. The average Bonchev–Trinajstić information content (AvgIpc) is 2.37. The van der Waals surface area contributed by atoms with E-state index in [0.717, 1.165) is 11.3 Å². The number of rotatable bonds is 1. The maximum absolute atomic E-state index is 12.1. The third kappa shape index (κ3) is 1.23. The van der Waals surface area contributed by atoms with Crippen LogP contribution in [0.15, 0.2) is 18.2 Å². The van der Waals surface area contributed by atoms with Gasteiger partial charge in [0.05, 0.1) is 5.41 Å². The normalized spacial score (nSPS) is 18.1. The fourth-order valence-corrected chi connectivity index (χ4v) is 2.14. The number of carbonyl (C=O) groups is 1. The number of phenolic OH excluding ortho intramolecular Hbond substituents is 1. The van der Waals surface area contributed by atoms with Gasteiger partial charge in [-0.3, -0.25) is 4.79 Å². The maximum atomic E-state index is 12.1. The van der Waals surface area contributed by atoms with Crippen molar-refractivity contribution in [1.29, 1.82) is 0 Å². The zero-order valence-electron chi connectivity index (χ0n) is 9.24. The summed E-state index contributed by atoms with van der Waals surface area (Å²) in [5.41, 5.74) is 1.31. The van der Waals surface area contributed by atoms with Gasteiger partial charge in [-0.05, 0) is 44.5 Å². The van der Waals surface area contributed by atoms with Crippen molar-refractivity contribution >= 4 is 11.6 Å². The van der Waals surface area contributed by atoms with Gasteiger partial charge >= 0.3 is 0 Å². The Morgan fingerprint density at radius 1 is 1.40 bits per heavy atom. The first kappa shape index (κ1) is 10.0. The fraction of sp³-hybridized carbons (Fsp3) is 0.417. The van der Waals surface area contributed by atoms with Gasteiger partial charge in [-0.2, -0.15) is 0 Å². The fourth-order valence-electron chi connectivity index (χ4n) is 2.14. The molecule has 0 aliphatic carbocycles. The van der Waals surface area contributed by atoms with E-state index in [1.807, 2.05) is 20.8 Å². The van der Waals surface area contributed by atoms with Crippen LogP contribution in [0.1, 0.15) is 26.3 Å². The number of aromatic hydroxyl groups is 1. The van der Waals surface area contributed by atoms with Crippen LogP contribution in [-0.2, 0) is 10.2 Å². The van der Waals surface area contributed by atoms with Gasteiger partial charge in [0.15, 0.2) is 0 Å². The third-order valence-electron chi connectivity index (χ3n) is 3.04. The Kier molecular flexibility index (Phi) is 2.00. The van der Waals surface area contributed by atoms with Crippen LogP contribution in [0.25, 0.3) is 0 Å². The molecule has 1 aromatic carbocycles. The van der Waals surface area contributed by atoms with Crippen molar-refractivity contribution in [1.82, 2.24) is 0 Å². The molecule has 3 heteroatoms. The molecular formula is C12H15NO2. The summed E-state index contributed by atoms with van der Waals surface area (Å²) in [5, 5.41) is 9.44. The number of nitrogens with zero attached hydrogens (tertiary/aromatic N) is 1. The zero-order chi connectivity index (χ0) is 11.2. The van der Waals surface area contributed by atoms with Crippen LogP contribution < -0.4 is 4.90 Å². The van der Waals surface area contributed by atoms with E-state index in [1.54, 1.807) is 23.1 Å². The maximum Gasteiger partial charge on any atom is 0.237 e. The quantitative estimate of drug-likeness (QED) is 0.762. The van der Waals surface area contributed by atoms with E-state index < -0.39 is 5.41 Å². The van der Waals surface area contributed by atoms with Gasteiger partial charge in [-0.1, -0.05) is 0 Å². The Labute approximate surface area is 89.3 Å². The van der Waals surface area contributed by atoms with Crippen LogP contribution in [0.5, 0.6) is 5.75 Å². The largest absolute Gasteiger partial charge is 0.508 e. The SMILES string of the molecule is CCN1C(=O)C(C)(C)c2cc(O)ccc21. The molecule has 2 rings (SSSR count). The van der Waals surface area contributed by atoms with Gasteiger partial charge in [0.1, 0.15) is 5.75 Å². The van der Waals surface area contributed by atoms with Crippen LogP contribution in [0.4, 0.5) is 5.69 Å². The number of hydrogen-bond donors (Lipinski definition) is 1. The summed E-state index contributed by atoms with van der Waals surface area (Å²) in [4.78, 5) is 13.8. The van der Waals surface area contributed by atoms with Gasteiger partial charge in [-0.15, -0.1) is 0 Å². The predicted octanol–water partition coefficient (Wildman–Crippen LogP) is 2.04. The second-order valence-electron chi connectivity index (χ2n) is 4.38. The lowest BCUT2D eigenvalue weighted by Crippen LogP contribution is -2.35. The summed E-state index contributed by atoms with van der Waals surface area (Å²) in [6.45, 7) is 6.41. The molecule has 1 N–H and O–H groups in total. The lowest BCUT2D eigenvalue weighted by Gasteiger charge is -2.18. The van der Waals surface area contributed by atoms with Crippen LogP contribution in [-0.4, -0.2) is 17.6 Å². The van der Waals surface area contributed by atoms with E-state index in [4.69, 9.17) is 0 Å². The first-order chi connectivity index (χ1) is 6.98. The number of hydrogen-bond acceptors (Lipinski definition) is 2. The van der Waals surface area contributed by atoms with Gasteiger partial charge in [0.25, 0.3) is 0 Å². The second-order valence-corrected chi connectivity index (χ2v) is 4.38. The molecule has 15 heavy (non-hydrogen) atoms. The van der Waals surface area contributed by atoms with Crippen LogP contribution >= 0.6 is 0 Å². The molecule has 3 nitrogen and oxygen atoms in total. The standard InChI is InChI=1S/C12H15NO2/c1-4-13-10-6-5-8(14)7-9(10)12(2,3)11(13)15/h5-7,14H,4H2,1-3H3. The number of phenols is 1. The summed E-state index contributed by atoms with van der Waals surface area (Å²) in [7, 11) is 0. The molecule has 1 aliphatic heterocycles. The van der Waals surface area contributed by atoms with Crippen molar-refractivity contribution in [2.75, 3.05) is 11.4 Å². The van der Waals surface area contributed by atoms with Gasteiger partial charge < -0.3 is 10.0 Å². The highest BCUT2D eigenvalue weighted by Crippen LogP contribution is 2.42. The van der Waals surface area contributed by atoms with Crippen LogP contribution in [0.2, 0.25) is 0 Å². The monoisotopic (exact) mass is 205 g/mol. The molecule has 0 fully saturated rings. The molecule has 1 amide bonds. The van der Waals surface area contributed by atoms with Crippen LogP contribution in [0.3, 0.4) is 0 Å². The molecule has 1 heterocycles. The Bertz CT molecular complexity index is 424. The Morgan fingerprint density at radius 2 is 2.07 bits per heavy atom. The van der Waals surface area contributed by atoms with E-state index in [9.17, 15) is 9.90 Å².